The quantitative estimate of drug-likeness (QED) is 0.0251. The summed E-state index contributed by atoms with van der Waals surface area (Å²) in [5.41, 5.74) is -4.43. The van der Waals surface area contributed by atoms with E-state index in [1.165, 1.54) is 77.0 Å². The first-order valence-electron chi connectivity index (χ1n) is 18.5. The number of carbonyl (C=O) groups is 2. The van der Waals surface area contributed by atoms with Crippen LogP contribution in [0.4, 0.5) is 0 Å². The van der Waals surface area contributed by atoms with Crippen molar-refractivity contribution in [3.63, 3.8) is 0 Å². The maximum Gasteiger partial charge on any atom is 0.348 e. The zero-order valence-electron chi connectivity index (χ0n) is 29.1. The summed E-state index contributed by atoms with van der Waals surface area (Å²) < 4.78 is 4.79. The van der Waals surface area contributed by atoms with E-state index >= 15 is 0 Å². The Morgan fingerprint density at radius 3 is 1.02 bits per heavy atom. The van der Waals surface area contributed by atoms with Crippen LogP contribution in [0.2, 0.25) is 0 Å². The third-order valence-electron chi connectivity index (χ3n) is 8.67. The molecule has 0 saturated heterocycles. The van der Waals surface area contributed by atoms with E-state index in [0.717, 1.165) is 64.2 Å². The number of hydrogen-bond acceptors (Lipinski definition) is 7. The van der Waals surface area contributed by atoms with Gasteiger partial charge in [-0.2, -0.15) is 0 Å². The van der Waals surface area contributed by atoms with Crippen molar-refractivity contribution in [3.05, 3.63) is 24.3 Å². The molecule has 0 aliphatic carbocycles. The molecule has 0 spiro atoms. The molecule has 0 heterocycles. The van der Waals surface area contributed by atoms with Crippen molar-refractivity contribution < 1.29 is 34.8 Å². The fourth-order valence-corrected chi connectivity index (χ4v) is 5.39. The predicted molar refractivity (Wildman–Crippen MR) is 185 cm³/mol. The SMILES string of the molecule is CCCCCCCC/C=C/CCCCCCC(O)(CO)C(=O)OC(=O)C(O)(CO)CCCCCC/C=C/CCCCCCCC. The van der Waals surface area contributed by atoms with Gasteiger partial charge in [-0.1, -0.05) is 128 Å². The van der Waals surface area contributed by atoms with Gasteiger partial charge in [-0.25, -0.2) is 9.59 Å². The standard InChI is InChI=1S/C38H70O7/c1-3-5-7-9-11-13-15-17-19-21-23-25-27-29-31-37(43,33-39)35(41)45-36(42)38(44,34-40)32-30-28-26-24-22-20-18-16-14-12-10-8-6-4-2/h17-20,39-40,43-44H,3-16,21-34H2,1-2H3/b19-17+,20-18+. The van der Waals surface area contributed by atoms with Gasteiger partial charge in [0.15, 0.2) is 11.2 Å². The molecule has 4 N–H and O–H groups in total. The Bertz CT molecular complexity index is 703. The van der Waals surface area contributed by atoms with E-state index in [1.807, 2.05) is 0 Å². The first-order valence-corrected chi connectivity index (χ1v) is 18.5. The number of ether oxygens (including phenoxy) is 1. The lowest BCUT2D eigenvalue weighted by atomic mass is 9.95. The van der Waals surface area contributed by atoms with Gasteiger partial charge in [0.25, 0.3) is 0 Å². The lowest BCUT2D eigenvalue weighted by molar-refractivity contribution is -0.190. The van der Waals surface area contributed by atoms with E-state index in [-0.39, 0.29) is 12.8 Å². The van der Waals surface area contributed by atoms with E-state index < -0.39 is 36.4 Å². The highest BCUT2D eigenvalue weighted by molar-refractivity contribution is 5.94. The van der Waals surface area contributed by atoms with Gasteiger partial charge in [-0.05, 0) is 77.0 Å². The van der Waals surface area contributed by atoms with Gasteiger partial charge in [0.05, 0.1) is 13.2 Å². The van der Waals surface area contributed by atoms with Crippen molar-refractivity contribution in [2.24, 2.45) is 0 Å². The maximum absolute atomic E-state index is 12.6. The van der Waals surface area contributed by atoms with E-state index in [0.29, 0.717) is 12.8 Å². The van der Waals surface area contributed by atoms with Gasteiger partial charge in [0.2, 0.25) is 0 Å². The van der Waals surface area contributed by atoms with Gasteiger partial charge < -0.3 is 25.2 Å². The molecule has 0 fully saturated rings. The third-order valence-corrected chi connectivity index (χ3v) is 8.67. The topological polar surface area (TPSA) is 124 Å². The molecule has 7 nitrogen and oxygen atoms in total. The monoisotopic (exact) mass is 639 g/mol. The Morgan fingerprint density at radius 1 is 0.467 bits per heavy atom. The molecule has 0 aliphatic heterocycles. The van der Waals surface area contributed by atoms with Crippen molar-refractivity contribution in [2.45, 2.75) is 192 Å². The predicted octanol–water partition coefficient (Wildman–Crippen LogP) is 8.80. The lowest BCUT2D eigenvalue weighted by Crippen LogP contribution is -2.50. The second-order valence-corrected chi connectivity index (χ2v) is 13.0. The fraction of sp³-hybridized carbons (Fsp3) is 0.842. The summed E-state index contributed by atoms with van der Waals surface area (Å²) in [5, 5.41) is 40.7. The summed E-state index contributed by atoms with van der Waals surface area (Å²) in [6.45, 7) is 2.69. The number of carbonyl (C=O) groups excluding carboxylic acids is 2. The normalized spacial score (nSPS) is 14.6. The molecular weight excluding hydrogens is 568 g/mol. The Labute approximate surface area is 275 Å². The summed E-state index contributed by atoms with van der Waals surface area (Å²) in [4.78, 5) is 25.1. The van der Waals surface area contributed by atoms with Gasteiger partial charge >= 0.3 is 11.9 Å². The van der Waals surface area contributed by atoms with Crippen LogP contribution >= 0.6 is 0 Å². The average molecular weight is 639 g/mol. The number of unbranched alkanes of at least 4 members (excludes halogenated alkanes) is 20. The molecule has 7 heteroatoms. The average Bonchev–Trinajstić information content (AvgIpc) is 3.04. The molecule has 0 saturated carbocycles. The number of aliphatic hydroxyl groups excluding tert-OH is 2. The van der Waals surface area contributed by atoms with Crippen LogP contribution in [0, 0.1) is 0 Å². The zero-order chi connectivity index (χ0) is 33.5. The van der Waals surface area contributed by atoms with Crippen molar-refractivity contribution in [2.75, 3.05) is 13.2 Å². The summed E-state index contributed by atoms with van der Waals surface area (Å²) >= 11 is 0. The molecular formula is C38H70O7. The second-order valence-electron chi connectivity index (χ2n) is 13.0. The van der Waals surface area contributed by atoms with Crippen LogP contribution in [0.15, 0.2) is 24.3 Å². The van der Waals surface area contributed by atoms with Crippen LogP contribution in [-0.4, -0.2) is 56.8 Å². The summed E-state index contributed by atoms with van der Waals surface area (Å²) in [5.74, 6) is -2.57. The van der Waals surface area contributed by atoms with Gasteiger partial charge in [-0.15, -0.1) is 0 Å². The molecule has 2 atom stereocenters. The molecule has 0 aromatic heterocycles. The Balaban J connectivity index is 4.17. The first-order chi connectivity index (χ1) is 21.8. The highest BCUT2D eigenvalue weighted by atomic mass is 16.6. The zero-order valence-corrected chi connectivity index (χ0v) is 29.1. The Morgan fingerprint density at radius 2 is 0.733 bits per heavy atom. The molecule has 0 radical (unpaired) electrons. The number of allylic oxidation sites excluding steroid dienone is 4. The molecule has 0 rings (SSSR count). The Hall–Kier alpha value is -1.54. The minimum Gasteiger partial charge on any atom is -0.393 e. The van der Waals surface area contributed by atoms with Crippen LogP contribution in [-0.2, 0) is 14.3 Å². The minimum atomic E-state index is -2.22. The highest BCUT2D eigenvalue weighted by Crippen LogP contribution is 2.22. The molecule has 2 unspecified atom stereocenters. The highest BCUT2D eigenvalue weighted by Gasteiger charge is 2.43. The second kappa shape index (κ2) is 29.8. The number of aliphatic hydroxyl groups is 4. The molecule has 45 heavy (non-hydrogen) atoms. The van der Waals surface area contributed by atoms with E-state index in [4.69, 9.17) is 4.74 Å². The third kappa shape index (κ3) is 23.4. The van der Waals surface area contributed by atoms with Crippen LogP contribution in [0.25, 0.3) is 0 Å². The van der Waals surface area contributed by atoms with Crippen molar-refractivity contribution >= 4 is 11.9 Å². The smallest absolute Gasteiger partial charge is 0.348 e. The molecule has 0 bridgehead atoms. The van der Waals surface area contributed by atoms with Crippen molar-refractivity contribution in [3.8, 4) is 0 Å². The van der Waals surface area contributed by atoms with Gasteiger partial charge in [0, 0.05) is 0 Å². The molecule has 0 aliphatic rings. The van der Waals surface area contributed by atoms with Crippen LogP contribution in [0.1, 0.15) is 181 Å². The molecule has 264 valence electrons. The first kappa shape index (κ1) is 43.5. The minimum absolute atomic E-state index is 0.0472. The van der Waals surface area contributed by atoms with E-state index in [2.05, 4.69) is 38.2 Å². The van der Waals surface area contributed by atoms with Crippen LogP contribution in [0.5, 0.6) is 0 Å². The summed E-state index contributed by atoms with van der Waals surface area (Å²) in [6, 6.07) is 0. The number of esters is 2. The van der Waals surface area contributed by atoms with Crippen LogP contribution in [0.3, 0.4) is 0 Å². The van der Waals surface area contributed by atoms with Crippen molar-refractivity contribution in [1.29, 1.82) is 0 Å². The summed E-state index contributed by atoms with van der Waals surface area (Å²) in [7, 11) is 0. The Kier molecular flexibility index (Phi) is 28.8. The van der Waals surface area contributed by atoms with E-state index in [1.54, 1.807) is 0 Å². The number of rotatable bonds is 32. The largest absolute Gasteiger partial charge is 0.393 e. The lowest BCUT2D eigenvalue weighted by Gasteiger charge is -2.27. The molecule has 0 aromatic rings. The molecule has 0 aromatic carbocycles. The maximum atomic E-state index is 12.6. The van der Waals surface area contributed by atoms with Gasteiger partial charge in [-0.3, -0.25) is 0 Å². The summed E-state index contributed by atoms with van der Waals surface area (Å²) in [6.07, 6.45) is 35.1. The fourth-order valence-electron chi connectivity index (χ4n) is 5.39. The van der Waals surface area contributed by atoms with Gasteiger partial charge in [0.1, 0.15) is 0 Å². The van der Waals surface area contributed by atoms with Crippen molar-refractivity contribution in [1.82, 2.24) is 0 Å². The molecule has 0 amide bonds. The van der Waals surface area contributed by atoms with Crippen LogP contribution < -0.4 is 0 Å². The van der Waals surface area contributed by atoms with E-state index in [9.17, 15) is 30.0 Å². The number of hydrogen-bond donors (Lipinski definition) is 4.